The van der Waals surface area contributed by atoms with Gasteiger partial charge < -0.3 is 33.5 Å². The van der Waals surface area contributed by atoms with E-state index in [0.717, 1.165) is 115 Å². The quantitative estimate of drug-likeness (QED) is 0.158. The summed E-state index contributed by atoms with van der Waals surface area (Å²) in [5.74, 6) is 1.81. The first-order valence-corrected chi connectivity index (χ1v) is 19.3. The van der Waals surface area contributed by atoms with Crippen molar-refractivity contribution in [3.05, 3.63) is 119 Å². The monoisotopic (exact) mass is 726 g/mol. The van der Waals surface area contributed by atoms with E-state index in [4.69, 9.17) is 23.7 Å². The van der Waals surface area contributed by atoms with Gasteiger partial charge in [0.15, 0.2) is 17.1 Å². The summed E-state index contributed by atoms with van der Waals surface area (Å²) < 4.78 is 45.9. The second-order valence-corrected chi connectivity index (χ2v) is 14.7. The molecule has 7 nitrogen and oxygen atoms in total. The Morgan fingerprint density at radius 1 is 0.685 bits per heavy atom. The summed E-state index contributed by atoms with van der Waals surface area (Å²) >= 11 is 0. The van der Waals surface area contributed by atoms with Gasteiger partial charge >= 0.3 is 0 Å². The van der Waals surface area contributed by atoms with Gasteiger partial charge in [0.25, 0.3) is 0 Å². The second-order valence-electron chi connectivity index (χ2n) is 14.7. The van der Waals surface area contributed by atoms with E-state index in [1.807, 2.05) is 12.1 Å². The zero-order valence-corrected chi connectivity index (χ0v) is 31.5. The van der Waals surface area contributed by atoms with Crippen molar-refractivity contribution in [3.8, 4) is 28.4 Å². The molecular weight excluding hydrogens is 680 g/mol. The molecule has 8 heteroatoms. The summed E-state index contributed by atoms with van der Waals surface area (Å²) in [6, 6.07) is 27.0. The van der Waals surface area contributed by atoms with Crippen LogP contribution in [0.3, 0.4) is 0 Å². The molecule has 54 heavy (non-hydrogen) atoms. The van der Waals surface area contributed by atoms with E-state index in [2.05, 4.69) is 90.4 Å². The van der Waals surface area contributed by atoms with Crippen LogP contribution >= 0.6 is 0 Å². The normalized spacial score (nSPS) is 18.2. The van der Waals surface area contributed by atoms with Crippen molar-refractivity contribution in [1.29, 1.82) is 0 Å². The highest BCUT2D eigenvalue weighted by Crippen LogP contribution is 2.61. The third kappa shape index (κ3) is 5.29. The Morgan fingerprint density at radius 2 is 1.22 bits per heavy atom. The van der Waals surface area contributed by atoms with E-state index < -0.39 is 11.0 Å². The summed E-state index contributed by atoms with van der Waals surface area (Å²) in [5.41, 5.74) is 8.41. The molecule has 0 unspecified atom stereocenters. The largest absolute Gasteiger partial charge is 0.493 e. The Balaban J connectivity index is 1.28. The zero-order chi connectivity index (χ0) is 37.0. The van der Waals surface area contributed by atoms with Crippen LogP contribution in [0.15, 0.2) is 84.9 Å². The van der Waals surface area contributed by atoms with Gasteiger partial charge in [0.2, 0.25) is 0 Å². The summed E-state index contributed by atoms with van der Waals surface area (Å²) in [5, 5.41) is 1.91. The van der Waals surface area contributed by atoms with Crippen molar-refractivity contribution in [2.45, 2.75) is 37.7 Å². The summed E-state index contributed by atoms with van der Waals surface area (Å²) in [6.07, 6.45) is 6.11. The first-order chi connectivity index (χ1) is 26.4. The van der Waals surface area contributed by atoms with E-state index in [9.17, 15) is 0 Å². The van der Waals surface area contributed by atoms with E-state index in [1.54, 1.807) is 26.4 Å². The van der Waals surface area contributed by atoms with E-state index in [1.165, 1.54) is 16.9 Å². The molecule has 5 aromatic rings. The topological polar surface area (TPSA) is 52.6 Å². The van der Waals surface area contributed by atoms with Crippen LogP contribution in [0, 0.1) is 5.82 Å². The Kier molecular flexibility index (Phi) is 8.78. The fourth-order valence-electron chi connectivity index (χ4n) is 9.45. The minimum atomic E-state index is -0.951. The van der Waals surface area contributed by atoms with Gasteiger partial charge in [-0.05, 0) is 95.1 Å². The molecule has 278 valence electrons. The van der Waals surface area contributed by atoms with Gasteiger partial charge in [0.05, 0.1) is 40.6 Å². The Morgan fingerprint density at radius 3 is 1.74 bits per heavy atom. The number of benzene rings is 5. The van der Waals surface area contributed by atoms with Crippen molar-refractivity contribution in [1.82, 2.24) is 0 Å². The number of hydrogen-bond acceptors (Lipinski definition) is 7. The molecule has 0 N–H and O–H groups in total. The summed E-state index contributed by atoms with van der Waals surface area (Å²) in [6.45, 7) is 10.8. The number of hydrogen-bond donors (Lipinski definition) is 0. The fraction of sp³-hybridized carbons (Fsp3) is 0.348. The Hall–Kier alpha value is -5.05. The highest BCUT2D eigenvalue weighted by atomic mass is 19.1. The van der Waals surface area contributed by atoms with Gasteiger partial charge in [-0.2, -0.15) is 0 Å². The zero-order valence-electron chi connectivity index (χ0n) is 31.5. The van der Waals surface area contributed by atoms with Crippen molar-refractivity contribution in [2.24, 2.45) is 0 Å². The fourth-order valence-corrected chi connectivity index (χ4v) is 9.45. The van der Waals surface area contributed by atoms with Gasteiger partial charge in [-0.25, -0.2) is 4.39 Å². The molecule has 0 spiro atoms. The third-order valence-electron chi connectivity index (χ3n) is 12.3. The minimum absolute atomic E-state index is 0.225. The number of anilines is 2. The lowest BCUT2D eigenvalue weighted by Crippen LogP contribution is -2.37. The summed E-state index contributed by atoms with van der Waals surface area (Å²) in [7, 11) is 3.33. The van der Waals surface area contributed by atoms with Crippen LogP contribution < -0.4 is 24.0 Å². The van der Waals surface area contributed by atoms with Crippen LogP contribution in [-0.4, -0.2) is 66.8 Å². The van der Waals surface area contributed by atoms with Gasteiger partial charge in [0.1, 0.15) is 11.6 Å². The lowest BCUT2D eigenvalue weighted by Gasteiger charge is -2.40. The van der Waals surface area contributed by atoms with E-state index >= 15 is 4.39 Å². The van der Waals surface area contributed by atoms with Crippen LogP contribution in [0.5, 0.6) is 17.2 Å². The van der Waals surface area contributed by atoms with Crippen molar-refractivity contribution in [2.75, 3.05) is 76.6 Å². The van der Waals surface area contributed by atoms with Crippen LogP contribution in [0.1, 0.15) is 54.5 Å². The van der Waals surface area contributed by atoms with Gasteiger partial charge in [-0.1, -0.05) is 50.3 Å². The van der Waals surface area contributed by atoms with E-state index in [0.29, 0.717) is 11.5 Å². The van der Waals surface area contributed by atoms with Gasteiger partial charge in [-0.15, -0.1) is 0 Å². The smallest absolute Gasteiger partial charge is 0.178 e. The molecule has 2 saturated heterocycles. The molecule has 0 radical (unpaired) electrons. The van der Waals surface area contributed by atoms with Crippen LogP contribution in [0.4, 0.5) is 15.8 Å². The average Bonchev–Trinajstić information content (AvgIpc) is 3.53. The number of morpholine rings is 2. The van der Waals surface area contributed by atoms with Crippen molar-refractivity contribution < 1.29 is 28.1 Å². The van der Waals surface area contributed by atoms with Crippen molar-refractivity contribution >= 4 is 28.2 Å². The molecular formula is C46H47FN2O5. The maximum Gasteiger partial charge on any atom is 0.178 e. The van der Waals surface area contributed by atoms with Crippen LogP contribution in [-0.2, 0) is 20.5 Å². The van der Waals surface area contributed by atoms with Gasteiger partial charge in [-0.3, -0.25) is 0 Å². The molecule has 1 aliphatic carbocycles. The molecule has 9 rings (SSSR count). The standard InChI is InChI=1S/C46H47FN2O5/c1-5-45(6-2)39-27-32(47)11-16-35(39)42-37-28-40(50-3)41(51-4)29-38(37)44-36(43(42)45)17-18-46(54-44,30-7-12-33(13-8-30)48-19-23-52-24-20-48)31-9-14-34(15-10-31)49-21-25-53-26-22-49/h7-18,27-29H,5-6,19-26H2,1-4H3. The summed E-state index contributed by atoms with van der Waals surface area (Å²) in [4.78, 5) is 4.74. The lowest BCUT2D eigenvalue weighted by atomic mass is 9.71. The molecule has 0 amide bonds. The average molecular weight is 727 g/mol. The molecule has 3 heterocycles. The third-order valence-corrected chi connectivity index (χ3v) is 12.3. The number of halogens is 1. The molecule has 0 atom stereocenters. The predicted molar refractivity (Wildman–Crippen MR) is 213 cm³/mol. The Labute approximate surface area is 316 Å². The van der Waals surface area contributed by atoms with E-state index in [-0.39, 0.29) is 5.82 Å². The predicted octanol–water partition coefficient (Wildman–Crippen LogP) is 9.11. The molecule has 3 aliphatic heterocycles. The van der Waals surface area contributed by atoms with Crippen molar-refractivity contribution in [3.63, 3.8) is 0 Å². The number of nitrogens with zero attached hydrogens (tertiary/aromatic N) is 2. The second kappa shape index (κ2) is 13.7. The number of fused-ring (bicyclic) bond motifs is 8. The first kappa shape index (κ1) is 34.7. The maximum atomic E-state index is 15.1. The first-order valence-electron chi connectivity index (χ1n) is 19.3. The lowest BCUT2D eigenvalue weighted by molar-refractivity contribution is 0.122. The number of methoxy groups -OCH3 is 2. The number of rotatable bonds is 8. The van der Waals surface area contributed by atoms with Crippen LogP contribution in [0.25, 0.3) is 28.0 Å². The number of ether oxygens (including phenoxy) is 5. The molecule has 0 aromatic heterocycles. The van der Waals surface area contributed by atoms with Gasteiger partial charge in [0, 0.05) is 65.0 Å². The molecule has 5 aromatic carbocycles. The molecule has 0 bridgehead atoms. The molecule has 2 fully saturated rings. The highest BCUT2D eigenvalue weighted by Gasteiger charge is 2.47. The highest BCUT2D eigenvalue weighted by molar-refractivity contribution is 6.09. The van der Waals surface area contributed by atoms with Crippen LogP contribution in [0.2, 0.25) is 0 Å². The maximum absolute atomic E-state index is 15.1. The SMILES string of the molecule is CCC1(CC)c2cc(F)ccc2-c2c1c1c(c3cc(OC)c(OC)cc23)OC(c2ccc(N3CCOCC3)cc2)(c2ccc(N3CCOCC3)cc2)C=C1. The molecule has 0 saturated carbocycles. The minimum Gasteiger partial charge on any atom is -0.493 e. The molecule has 4 aliphatic rings. The Bertz CT molecular complexity index is 2170.